The molecular weight excluding hydrogens is 433 g/mol. The molecule has 1 fully saturated rings. The summed E-state index contributed by atoms with van der Waals surface area (Å²) in [4.78, 5) is 26.7. The van der Waals surface area contributed by atoms with Crippen molar-refractivity contribution in [1.82, 2.24) is 20.2 Å². The van der Waals surface area contributed by atoms with Gasteiger partial charge in [-0.15, -0.1) is 0 Å². The first kappa shape index (κ1) is 22.3. The quantitative estimate of drug-likeness (QED) is 0.631. The molecular formula is C26H28FN5O2. The lowest BCUT2D eigenvalue weighted by Gasteiger charge is -2.34. The Bertz CT molecular complexity index is 1150. The van der Waals surface area contributed by atoms with E-state index in [1.54, 1.807) is 6.07 Å². The summed E-state index contributed by atoms with van der Waals surface area (Å²) in [6.45, 7) is 4.29. The Labute approximate surface area is 198 Å². The van der Waals surface area contributed by atoms with Gasteiger partial charge in [-0.05, 0) is 23.3 Å². The Kier molecular flexibility index (Phi) is 6.67. The van der Waals surface area contributed by atoms with E-state index in [9.17, 15) is 9.18 Å². The molecule has 1 aromatic heterocycles. The van der Waals surface area contributed by atoms with Crippen LogP contribution in [0.25, 0.3) is 0 Å². The molecule has 1 saturated heterocycles. The normalized spacial score (nSPS) is 15.7. The lowest BCUT2D eigenvalue weighted by atomic mass is 10.0. The zero-order valence-electron chi connectivity index (χ0n) is 19.0. The van der Waals surface area contributed by atoms with Crippen LogP contribution in [0, 0.1) is 5.82 Å². The third-order valence-corrected chi connectivity index (χ3v) is 6.22. The van der Waals surface area contributed by atoms with E-state index in [2.05, 4.69) is 10.2 Å². The summed E-state index contributed by atoms with van der Waals surface area (Å²) in [6.07, 6.45) is 1.12. The van der Waals surface area contributed by atoms with Crippen molar-refractivity contribution in [3.05, 3.63) is 88.6 Å². The standard InChI is InChI=1S/C26H28FN5O2/c27-21-8-4-7-20(15-21)16-24-29-23-9-10-32(26(33)28-17-19-5-2-1-3-6-19)18-22(23)25(30-24)31-11-13-34-14-12-31/h1-8,15H,9-14,16-18H2,(H,28,33). The van der Waals surface area contributed by atoms with Crippen LogP contribution in [0.2, 0.25) is 0 Å². The van der Waals surface area contributed by atoms with Crippen LogP contribution >= 0.6 is 0 Å². The zero-order valence-corrected chi connectivity index (χ0v) is 19.0. The maximum atomic E-state index is 13.7. The molecule has 176 valence electrons. The number of nitrogens with one attached hydrogen (secondary N) is 1. The highest BCUT2D eigenvalue weighted by Gasteiger charge is 2.28. The average Bonchev–Trinajstić information content (AvgIpc) is 2.88. The number of ether oxygens (including phenoxy) is 1. The van der Waals surface area contributed by atoms with E-state index < -0.39 is 0 Å². The smallest absolute Gasteiger partial charge is 0.317 e. The molecule has 0 atom stereocenters. The fraction of sp³-hybridized carbons (Fsp3) is 0.346. The molecule has 0 saturated carbocycles. The minimum Gasteiger partial charge on any atom is -0.378 e. The van der Waals surface area contributed by atoms with Gasteiger partial charge in [0.05, 0.1) is 25.5 Å². The number of urea groups is 1. The number of carbonyl (C=O) groups excluding carboxylic acids is 1. The number of carbonyl (C=O) groups is 1. The van der Waals surface area contributed by atoms with Crippen LogP contribution in [0.3, 0.4) is 0 Å². The summed E-state index contributed by atoms with van der Waals surface area (Å²) in [5, 5.41) is 3.02. The van der Waals surface area contributed by atoms with E-state index in [1.807, 2.05) is 41.3 Å². The van der Waals surface area contributed by atoms with Crippen LogP contribution in [-0.2, 0) is 30.7 Å². The van der Waals surface area contributed by atoms with Gasteiger partial charge in [0, 0.05) is 44.6 Å². The molecule has 0 spiro atoms. The van der Waals surface area contributed by atoms with Gasteiger partial charge in [0.2, 0.25) is 0 Å². The number of hydrogen-bond donors (Lipinski definition) is 1. The van der Waals surface area contributed by atoms with Crippen molar-refractivity contribution in [2.75, 3.05) is 37.7 Å². The maximum Gasteiger partial charge on any atom is 0.317 e. The third kappa shape index (κ3) is 5.17. The molecule has 8 heteroatoms. The second-order valence-corrected chi connectivity index (χ2v) is 8.61. The molecule has 0 aliphatic carbocycles. The molecule has 34 heavy (non-hydrogen) atoms. The molecule has 2 amide bonds. The van der Waals surface area contributed by atoms with Gasteiger partial charge in [0.25, 0.3) is 0 Å². The first-order valence-corrected chi connectivity index (χ1v) is 11.7. The second kappa shape index (κ2) is 10.2. The van der Waals surface area contributed by atoms with Gasteiger partial charge >= 0.3 is 6.03 Å². The fourth-order valence-corrected chi connectivity index (χ4v) is 4.45. The van der Waals surface area contributed by atoms with Crippen LogP contribution < -0.4 is 10.2 Å². The molecule has 2 aliphatic rings. The highest BCUT2D eigenvalue weighted by Crippen LogP contribution is 2.28. The summed E-state index contributed by atoms with van der Waals surface area (Å²) in [6, 6.07) is 16.3. The van der Waals surface area contributed by atoms with Gasteiger partial charge in [-0.1, -0.05) is 42.5 Å². The van der Waals surface area contributed by atoms with Crippen LogP contribution in [-0.4, -0.2) is 53.7 Å². The summed E-state index contributed by atoms with van der Waals surface area (Å²) in [7, 11) is 0. The number of anilines is 1. The average molecular weight is 462 g/mol. The summed E-state index contributed by atoms with van der Waals surface area (Å²) in [5.41, 5.74) is 3.86. The Morgan fingerprint density at radius 2 is 1.79 bits per heavy atom. The number of halogens is 1. The summed E-state index contributed by atoms with van der Waals surface area (Å²) >= 11 is 0. The fourth-order valence-electron chi connectivity index (χ4n) is 4.45. The van der Waals surface area contributed by atoms with Crippen molar-refractivity contribution in [1.29, 1.82) is 0 Å². The molecule has 0 bridgehead atoms. The molecule has 3 aromatic rings. The summed E-state index contributed by atoms with van der Waals surface area (Å²) in [5.74, 6) is 1.27. The number of amides is 2. The first-order chi connectivity index (χ1) is 16.7. The highest BCUT2D eigenvalue weighted by molar-refractivity contribution is 5.75. The predicted octanol–water partition coefficient (Wildman–Crippen LogP) is 3.31. The Morgan fingerprint density at radius 3 is 2.59 bits per heavy atom. The minimum atomic E-state index is -0.263. The van der Waals surface area contributed by atoms with Crippen molar-refractivity contribution >= 4 is 11.8 Å². The lowest BCUT2D eigenvalue weighted by Crippen LogP contribution is -2.44. The van der Waals surface area contributed by atoms with Gasteiger partial charge in [-0.2, -0.15) is 0 Å². The van der Waals surface area contributed by atoms with Crippen LogP contribution in [0.1, 0.15) is 28.2 Å². The Hall–Kier alpha value is -3.52. The molecule has 5 rings (SSSR count). The van der Waals surface area contributed by atoms with Gasteiger partial charge in [-0.3, -0.25) is 0 Å². The van der Waals surface area contributed by atoms with Crippen molar-refractivity contribution in [2.45, 2.75) is 25.9 Å². The Balaban J connectivity index is 1.37. The predicted molar refractivity (Wildman–Crippen MR) is 127 cm³/mol. The first-order valence-electron chi connectivity index (χ1n) is 11.7. The number of rotatable bonds is 5. The number of morpholine rings is 1. The van der Waals surface area contributed by atoms with E-state index in [4.69, 9.17) is 14.7 Å². The Morgan fingerprint density at radius 1 is 1.00 bits per heavy atom. The van der Waals surface area contributed by atoms with E-state index in [-0.39, 0.29) is 11.8 Å². The van der Waals surface area contributed by atoms with Crippen molar-refractivity contribution in [3.63, 3.8) is 0 Å². The van der Waals surface area contributed by atoms with Gasteiger partial charge in [0.1, 0.15) is 17.5 Å². The number of hydrogen-bond acceptors (Lipinski definition) is 5. The lowest BCUT2D eigenvalue weighted by molar-refractivity contribution is 0.122. The molecule has 1 N–H and O–H groups in total. The summed E-state index contributed by atoms with van der Waals surface area (Å²) < 4.78 is 19.2. The van der Waals surface area contributed by atoms with E-state index in [1.165, 1.54) is 12.1 Å². The number of aromatic nitrogens is 2. The van der Waals surface area contributed by atoms with E-state index in [0.717, 1.165) is 41.3 Å². The van der Waals surface area contributed by atoms with Crippen LogP contribution in [0.15, 0.2) is 54.6 Å². The van der Waals surface area contributed by atoms with Crippen LogP contribution in [0.5, 0.6) is 0 Å². The molecule has 0 radical (unpaired) electrons. The monoisotopic (exact) mass is 461 g/mol. The highest BCUT2D eigenvalue weighted by atomic mass is 19.1. The van der Waals surface area contributed by atoms with Crippen molar-refractivity contribution < 1.29 is 13.9 Å². The van der Waals surface area contributed by atoms with Gasteiger partial charge in [0.15, 0.2) is 0 Å². The number of fused-ring (bicyclic) bond motifs is 1. The van der Waals surface area contributed by atoms with E-state index >= 15 is 0 Å². The maximum absolute atomic E-state index is 13.7. The number of nitrogens with zero attached hydrogens (tertiary/aromatic N) is 4. The molecule has 7 nitrogen and oxygen atoms in total. The van der Waals surface area contributed by atoms with Crippen LogP contribution in [0.4, 0.5) is 15.0 Å². The van der Waals surface area contributed by atoms with Crippen molar-refractivity contribution in [3.8, 4) is 0 Å². The topological polar surface area (TPSA) is 70.6 Å². The molecule has 0 unspecified atom stereocenters. The zero-order chi connectivity index (χ0) is 23.3. The van der Waals surface area contributed by atoms with Gasteiger partial charge < -0.3 is 19.9 Å². The number of benzene rings is 2. The SMILES string of the molecule is O=C(NCc1ccccc1)N1CCc2nc(Cc3cccc(F)c3)nc(N3CCOCC3)c2C1. The van der Waals surface area contributed by atoms with E-state index in [0.29, 0.717) is 51.5 Å². The molecule has 3 heterocycles. The molecule has 2 aromatic carbocycles. The largest absolute Gasteiger partial charge is 0.378 e. The molecule has 2 aliphatic heterocycles. The second-order valence-electron chi connectivity index (χ2n) is 8.61. The van der Waals surface area contributed by atoms with Gasteiger partial charge in [-0.25, -0.2) is 19.2 Å². The minimum absolute atomic E-state index is 0.0914. The third-order valence-electron chi connectivity index (χ3n) is 6.22. The van der Waals surface area contributed by atoms with Crippen molar-refractivity contribution in [2.24, 2.45) is 0 Å².